The zero-order valence-electron chi connectivity index (χ0n) is 27.8. The summed E-state index contributed by atoms with van der Waals surface area (Å²) in [7, 11) is 4.18. The highest BCUT2D eigenvalue weighted by atomic mass is 32.1. The van der Waals surface area contributed by atoms with E-state index < -0.39 is 0 Å². The monoisotopic (exact) mass is 664 g/mol. The smallest absolute Gasteiger partial charge is 0.258 e. The van der Waals surface area contributed by atoms with E-state index in [2.05, 4.69) is 24.3 Å². The zero-order valence-corrected chi connectivity index (χ0v) is 28.6. The Bertz CT molecular complexity index is 1730. The van der Waals surface area contributed by atoms with E-state index in [1.807, 2.05) is 69.8 Å². The van der Waals surface area contributed by atoms with Crippen molar-refractivity contribution in [3.63, 3.8) is 0 Å². The molecule has 9 heteroatoms. The first-order valence-corrected chi connectivity index (χ1v) is 17.8. The molecule has 1 N–H and O–H groups in total. The van der Waals surface area contributed by atoms with E-state index in [1.54, 1.807) is 35.6 Å². The topological polar surface area (TPSA) is 82.2 Å². The molecule has 250 valence electrons. The van der Waals surface area contributed by atoms with Crippen molar-refractivity contribution >= 4 is 40.4 Å². The first-order valence-electron chi connectivity index (χ1n) is 16.9. The molecule has 1 saturated heterocycles. The first-order chi connectivity index (χ1) is 23.4. The van der Waals surface area contributed by atoms with Crippen molar-refractivity contribution in [2.45, 2.75) is 51.0 Å². The van der Waals surface area contributed by atoms with Crippen molar-refractivity contribution in [1.82, 2.24) is 9.80 Å². The number of hydrogen-bond donors (Lipinski definition) is 1. The number of piperidine rings is 1. The number of rotatable bonds is 10. The summed E-state index contributed by atoms with van der Waals surface area (Å²) in [5, 5.41) is 5.10. The molecule has 1 aromatic heterocycles. The van der Waals surface area contributed by atoms with Crippen LogP contribution in [-0.2, 0) is 11.2 Å². The van der Waals surface area contributed by atoms with Crippen LogP contribution < -0.4 is 15.0 Å². The third-order valence-corrected chi connectivity index (χ3v) is 10.3. The van der Waals surface area contributed by atoms with Gasteiger partial charge in [-0.05, 0) is 99.5 Å². The van der Waals surface area contributed by atoms with Crippen LogP contribution in [0.15, 0.2) is 84.2 Å². The van der Waals surface area contributed by atoms with Gasteiger partial charge in [0, 0.05) is 48.1 Å². The minimum absolute atomic E-state index is 0.0926. The number of aryl methyl sites for hydroxylation is 1. The molecule has 0 bridgehead atoms. The Morgan fingerprint density at radius 3 is 2.48 bits per heavy atom. The number of benzene rings is 3. The maximum absolute atomic E-state index is 13.9. The van der Waals surface area contributed by atoms with E-state index in [-0.39, 0.29) is 24.3 Å². The molecule has 0 saturated carbocycles. The third-order valence-electron chi connectivity index (χ3n) is 9.37. The summed E-state index contributed by atoms with van der Waals surface area (Å²) < 4.78 is 6.27. The van der Waals surface area contributed by atoms with Crippen LogP contribution >= 0.6 is 11.3 Å². The number of carbonyl (C=O) groups excluding carboxylic acids is 3. The molecule has 2 aliphatic rings. The second-order valence-electron chi connectivity index (χ2n) is 12.7. The van der Waals surface area contributed by atoms with Crippen molar-refractivity contribution < 1.29 is 19.1 Å². The summed E-state index contributed by atoms with van der Waals surface area (Å²) in [6.45, 7) is 2.48. The summed E-state index contributed by atoms with van der Waals surface area (Å²) in [5.74, 6) is 0.180. The normalized spacial score (nSPS) is 15.1. The molecule has 0 aliphatic carbocycles. The van der Waals surface area contributed by atoms with Crippen molar-refractivity contribution in [2.24, 2.45) is 0 Å². The van der Waals surface area contributed by atoms with Crippen LogP contribution in [0, 0.1) is 0 Å². The highest BCUT2D eigenvalue weighted by Crippen LogP contribution is 2.34. The predicted molar refractivity (Wildman–Crippen MR) is 193 cm³/mol. The van der Waals surface area contributed by atoms with Crippen molar-refractivity contribution in [3.05, 3.63) is 100 Å². The van der Waals surface area contributed by atoms with Crippen LogP contribution in [-0.4, -0.2) is 73.9 Å². The summed E-state index contributed by atoms with van der Waals surface area (Å²) in [6, 6.07) is 25.1. The Labute approximate surface area is 287 Å². The summed E-state index contributed by atoms with van der Waals surface area (Å²) in [5.41, 5.74) is 4.25. The quantitative estimate of drug-likeness (QED) is 0.179. The van der Waals surface area contributed by atoms with Crippen LogP contribution in [0.25, 0.3) is 11.1 Å². The molecule has 8 nitrogen and oxygen atoms in total. The summed E-state index contributed by atoms with van der Waals surface area (Å²) in [4.78, 5) is 47.9. The van der Waals surface area contributed by atoms with Gasteiger partial charge in [0.1, 0.15) is 5.75 Å². The SMILES string of the molecule is CN(C)C1CCN(C(=O)CCCOc2cc(C(=O)N3CCCCc4sccc43)ccc2NC(=O)c2ccccc2-c2ccccc2)CC1. The van der Waals surface area contributed by atoms with Crippen molar-refractivity contribution in [1.29, 1.82) is 0 Å². The third kappa shape index (κ3) is 7.80. The molecule has 6 rings (SSSR count). The second-order valence-corrected chi connectivity index (χ2v) is 13.7. The highest BCUT2D eigenvalue weighted by molar-refractivity contribution is 7.10. The van der Waals surface area contributed by atoms with Crippen LogP contribution in [0.5, 0.6) is 5.75 Å². The van der Waals surface area contributed by atoms with E-state index in [9.17, 15) is 14.4 Å². The van der Waals surface area contributed by atoms with Gasteiger partial charge in [-0.2, -0.15) is 0 Å². The Hall–Kier alpha value is -4.47. The molecule has 3 heterocycles. The molecule has 4 aromatic rings. The van der Waals surface area contributed by atoms with E-state index in [0.717, 1.165) is 62.0 Å². The van der Waals surface area contributed by atoms with Gasteiger partial charge < -0.3 is 24.8 Å². The van der Waals surface area contributed by atoms with E-state index in [0.29, 0.717) is 48.0 Å². The molecule has 2 aliphatic heterocycles. The molecule has 0 spiro atoms. The molecule has 48 heavy (non-hydrogen) atoms. The molecule has 3 aromatic carbocycles. The van der Waals surface area contributed by atoms with Gasteiger partial charge in [-0.3, -0.25) is 14.4 Å². The molecule has 0 radical (unpaired) electrons. The number of anilines is 2. The van der Waals surface area contributed by atoms with Crippen LogP contribution in [0.4, 0.5) is 11.4 Å². The molecular formula is C39H44N4O4S. The number of thiophene rings is 1. The fraction of sp³-hybridized carbons (Fsp3) is 0.359. The lowest BCUT2D eigenvalue weighted by atomic mass is 9.99. The largest absolute Gasteiger partial charge is 0.491 e. The van der Waals surface area contributed by atoms with Crippen LogP contribution in [0.1, 0.15) is 64.1 Å². The maximum Gasteiger partial charge on any atom is 0.258 e. The number of amides is 3. The Morgan fingerprint density at radius 1 is 0.917 bits per heavy atom. The minimum atomic E-state index is -0.273. The van der Waals surface area contributed by atoms with E-state index >= 15 is 0 Å². The predicted octanol–water partition coefficient (Wildman–Crippen LogP) is 7.36. The lowest BCUT2D eigenvalue weighted by molar-refractivity contribution is -0.132. The van der Waals surface area contributed by atoms with Gasteiger partial charge >= 0.3 is 0 Å². The molecule has 3 amide bonds. The highest BCUT2D eigenvalue weighted by Gasteiger charge is 2.26. The Balaban J connectivity index is 1.19. The lowest BCUT2D eigenvalue weighted by Crippen LogP contribution is -2.44. The van der Waals surface area contributed by atoms with Gasteiger partial charge in [-0.15, -0.1) is 11.3 Å². The first kappa shape index (κ1) is 33.4. The fourth-order valence-electron chi connectivity index (χ4n) is 6.62. The average Bonchev–Trinajstić information content (AvgIpc) is 3.49. The fourth-order valence-corrected chi connectivity index (χ4v) is 7.54. The minimum Gasteiger partial charge on any atom is -0.491 e. The number of nitrogens with zero attached hydrogens (tertiary/aromatic N) is 3. The average molecular weight is 665 g/mol. The van der Waals surface area contributed by atoms with Gasteiger partial charge in [0.25, 0.3) is 11.8 Å². The number of fused-ring (bicyclic) bond motifs is 1. The van der Waals surface area contributed by atoms with Crippen molar-refractivity contribution in [3.8, 4) is 16.9 Å². The zero-order chi connectivity index (χ0) is 33.5. The van der Waals surface area contributed by atoms with Crippen molar-refractivity contribution in [2.75, 3.05) is 50.6 Å². The summed E-state index contributed by atoms with van der Waals surface area (Å²) in [6.07, 6.45) is 5.84. The van der Waals surface area contributed by atoms with Gasteiger partial charge in [-0.25, -0.2) is 0 Å². The molecule has 0 atom stereocenters. The molecule has 1 fully saturated rings. The van der Waals surface area contributed by atoms with Crippen LogP contribution in [0.3, 0.4) is 0 Å². The Kier molecular flexibility index (Phi) is 10.9. The second kappa shape index (κ2) is 15.6. The molecular weight excluding hydrogens is 621 g/mol. The van der Waals surface area contributed by atoms with Gasteiger partial charge in [-0.1, -0.05) is 48.5 Å². The summed E-state index contributed by atoms with van der Waals surface area (Å²) >= 11 is 1.69. The standard InChI is InChI=1S/C39H44N4O4S/c1-41(2)30-19-23-42(24-20-30)37(44)16-10-25-47-35-27-29(39(46)43-22-9-8-15-36-34(43)21-26-48-36)17-18-33(35)40-38(45)32-14-7-6-13-31(32)28-11-4-3-5-12-28/h3-7,11-14,17-18,21,26-27,30H,8-10,15-16,19-20,22-25H2,1-2H3,(H,40,45). The number of carbonyl (C=O) groups is 3. The van der Waals surface area contributed by atoms with Gasteiger partial charge in [0.2, 0.25) is 5.91 Å². The number of hydrogen-bond acceptors (Lipinski definition) is 6. The number of nitrogens with one attached hydrogen (secondary N) is 1. The van der Waals surface area contributed by atoms with E-state index in [4.69, 9.17) is 4.74 Å². The van der Waals surface area contributed by atoms with Crippen LogP contribution in [0.2, 0.25) is 0 Å². The maximum atomic E-state index is 13.9. The lowest BCUT2D eigenvalue weighted by Gasteiger charge is -2.35. The van der Waals surface area contributed by atoms with Gasteiger partial charge in [0.15, 0.2) is 0 Å². The van der Waals surface area contributed by atoms with Gasteiger partial charge in [0.05, 0.1) is 18.0 Å². The molecule has 0 unspecified atom stereocenters. The number of likely N-dealkylation sites (tertiary alicyclic amines) is 1. The van der Waals surface area contributed by atoms with E-state index in [1.165, 1.54) is 4.88 Å². The Morgan fingerprint density at radius 2 is 1.69 bits per heavy atom. The number of ether oxygens (including phenoxy) is 1.